The lowest BCUT2D eigenvalue weighted by molar-refractivity contribution is 0.124. The van der Waals surface area contributed by atoms with Crippen LogP contribution in [-0.4, -0.2) is 19.4 Å². The molecule has 1 aliphatic rings. The Labute approximate surface area is 57.0 Å². The van der Waals surface area contributed by atoms with Crippen LogP contribution in [0.25, 0.3) is 0 Å². The second kappa shape index (κ2) is 3.17. The summed E-state index contributed by atoms with van der Waals surface area (Å²) in [5.41, 5.74) is 0. The Morgan fingerprint density at radius 2 is 2.50 bits per heavy atom. The van der Waals surface area contributed by atoms with Gasteiger partial charge >= 0.3 is 6.03 Å². The normalized spacial score (nSPS) is 19.7. The van der Waals surface area contributed by atoms with Crippen LogP contribution in [0.5, 0.6) is 0 Å². The summed E-state index contributed by atoms with van der Waals surface area (Å²) in [5, 5.41) is 4.49. The molecular formula is C5H7FN2O2. The first-order valence-electron chi connectivity index (χ1n) is 2.75. The number of hydrogen-bond donors (Lipinski definition) is 2. The minimum Gasteiger partial charge on any atom is -0.354 e. The molecule has 1 heterocycles. The van der Waals surface area contributed by atoms with Crippen molar-refractivity contribution < 1.29 is 13.9 Å². The van der Waals surface area contributed by atoms with E-state index in [-0.39, 0.29) is 13.3 Å². The molecule has 0 aliphatic carbocycles. The van der Waals surface area contributed by atoms with Crippen molar-refractivity contribution in [3.05, 3.63) is 12.0 Å². The van der Waals surface area contributed by atoms with Crippen LogP contribution >= 0.6 is 0 Å². The van der Waals surface area contributed by atoms with Crippen LogP contribution in [0.2, 0.25) is 0 Å². The van der Waals surface area contributed by atoms with Crippen molar-refractivity contribution in [1.82, 2.24) is 10.6 Å². The number of nitrogens with one attached hydrogen (secondary N) is 2. The van der Waals surface area contributed by atoms with Gasteiger partial charge in [-0.25, -0.2) is 9.18 Å². The molecule has 0 aromatic carbocycles. The number of rotatable bonds is 0. The number of urea groups is 1. The molecule has 0 fully saturated rings. The highest BCUT2D eigenvalue weighted by Crippen LogP contribution is 1.95. The molecule has 56 valence electrons. The minimum absolute atomic E-state index is 0.0348. The van der Waals surface area contributed by atoms with E-state index < -0.39 is 11.9 Å². The average molecular weight is 146 g/mol. The summed E-state index contributed by atoms with van der Waals surface area (Å²) in [5.74, 6) is -0.491. The Kier molecular flexibility index (Phi) is 2.22. The van der Waals surface area contributed by atoms with Gasteiger partial charge < -0.3 is 15.4 Å². The lowest BCUT2D eigenvalue weighted by atomic mass is 10.6. The number of hydrogen-bond acceptors (Lipinski definition) is 2. The Morgan fingerprint density at radius 3 is 3.30 bits per heavy atom. The van der Waals surface area contributed by atoms with E-state index in [1.54, 1.807) is 0 Å². The molecule has 4 nitrogen and oxygen atoms in total. The molecule has 0 unspecified atom stereocenters. The Bertz CT molecular complexity index is 169. The zero-order valence-electron chi connectivity index (χ0n) is 5.19. The van der Waals surface area contributed by atoms with Crippen LogP contribution in [0, 0.1) is 0 Å². The molecule has 1 aliphatic heterocycles. The van der Waals surface area contributed by atoms with Crippen LogP contribution in [0.1, 0.15) is 0 Å². The van der Waals surface area contributed by atoms with Gasteiger partial charge in [-0.3, -0.25) is 0 Å². The molecule has 0 aromatic rings. The lowest BCUT2D eigenvalue weighted by Crippen LogP contribution is -2.35. The molecule has 0 spiro atoms. The van der Waals surface area contributed by atoms with E-state index in [1.165, 1.54) is 0 Å². The number of ether oxygens (including phenoxy) is 1. The first-order chi connectivity index (χ1) is 4.79. The van der Waals surface area contributed by atoms with Crippen LogP contribution in [-0.2, 0) is 4.74 Å². The van der Waals surface area contributed by atoms with Gasteiger partial charge in [-0.2, -0.15) is 0 Å². The van der Waals surface area contributed by atoms with Crippen molar-refractivity contribution in [3.8, 4) is 0 Å². The van der Waals surface area contributed by atoms with Crippen molar-refractivity contribution in [2.45, 2.75) is 0 Å². The summed E-state index contributed by atoms with van der Waals surface area (Å²) in [6.07, 6.45) is 0.967. The second-order valence-electron chi connectivity index (χ2n) is 1.73. The first kappa shape index (κ1) is 7.01. The zero-order chi connectivity index (χ0) is 7.40. The standard InChI is InChI=1S/C5H7FN2O2/c6-4-1-7-5(9)8-3-10-2-4/h1H,2-3H2,(H2,7,8,9). The molecular weight excluding hydrogens is 139 g/mol. The van der Waals surface area contributed by atoms with Crippen LogP contribution in [0.3, 0.4) is 0 Å². The SMILES string of the molecule is O=C1NC=C(F)COCN1. The van der Waals surface area contributed by atoms with E-state index in [9.17, 15) is 9.18 Å². The van der Waals surface area contributed by atoms with Gasteiger partial charge in [0.25, 0.3) is 0 Å². The summed E-state index contributed by atoms with van der Waals surface area (Å²) in [7, 11) is 0. The third-order valence-electron chi connectivity index (χ3n) is 0.935. The number of carbonyl (C=O) groups excluding carboxylic acids is 1. The van der Waals surface area contributed by atoms with Gasteiger partial charge in [0.05, 0.1) is 0 Å². The highest BCUT2D eigenvalue weighted by atomic mass is 19.1. The fraction of sp³-hybridized carbons (Fsp3) is 0.400. The van der Waals surface area contributed by atoms with E-state index in [0.717, 1.165) is 6.20 Å². The van der Waals surface area contributed by atoms with Crippen molar-refractivity contribution in [1.29, 1.82) is 0 Å². The average Bonchev–Trinajstić information content (AvgIpc) is 1.90. The number of amides is 2. The van der Waals surface area contributed by atoms with E-state index in [0.29, 0.717) is 0 Å². The van der Waals surface area contributed by atoms with Gasteiger partial charge in [0.15, 0.2) is 0 Å². The predicted octanol–water partition coefficient (Wildman–Crippen LogP) is 0.0842. The van der Waals surface area contributed by atoms with Gasteiger partial charge in [0.2, 0.25) is 0 Å². The first-order valence-corrected chi connectivity index (χ1v) is 2.75. The largest absolute Gasteiger partial charge is 0.354 e. The van der Waals surface area contributed by atoms with E-state index in [1.807, 2.05) is 0 Å². The van der Waals surface area contributed by atoms with Gasteiger partial charge in [-0.1, -0.05) is 0 Å². The predicted molar refractivity (Wildman–Crippen MR) is 31.7 cm³/mol. The van der Waals surface area contributed by atoms with Crippen molar-refractivity contribution in [2.24, 2.45) is 0 Å². The third-order valence-corrected chi connectivity index (χ3v) is 0.935. The summed E-state index contributed by atoms with van der Waals surface area (Å²) in [6, 6.07) is -0.463. The summed E-state index contributed by atoms with van der Waals surface area (Å²) in [4.78, 5) is 10.5. The maximum atomic E-state index is 12.3. The highest BCUT2D eigenvalue weighted by Gasteiger charge is 2.02. The molecule has 0 saturated heterocycles. The topological polar surface area (TPSA) is 50.4 Å². The Hall–Kier alpha value is -1.10. The summed E-state index contributed by atoms with van der Waals surface area (Å²) < 4.78 is 16.9. The van der Waals surface area contributed by atoms with Crippen molar-refractivity contribution >= 4 is 6.03 Å². The zero-order valence-corrected chi connectivity index (χ0v) is 5.19. The molecule has 2 amide bonds. The fourth-order valence-electron chi connectivity index (χ4n) is 0.502. The summed E-state index contributed by atoms with van der Waals surface area (Å²) >= 11 is 0. The quantitative estimate of drug-likeness (QED) is 0.508. The molecule has 2 N–H and O–H groups in total. The fourth-order valence-corrected chi connectivity index (χ4v) is 0.502. The minimum atomic E-state index is -0.491. The molecule has 10 heavy (non-hydrogen) atoms. The molecule has 0 saturated carbocycles. The third kappa shape index (κ3) is 2.02. The molecule has 0 bridgehead atoms. The van der Waals surface area contributed by atoms with Gasteiger partial charge in [0, 0.05) is 6.20 Å². The van der Waals surface area contributed by atoms with E-state index in [2.05, 4.69) is 15.4 Å². The van der Waals surface area contributed by atoms with Crippen LogP contribution < -0.4 is 10.6 Å². The maximum absolute atomic E-state index is 12.3. The van der Waals surface area contributed by atoms with Gasteiger partial charge in [0.1, 0.15) is 19.2 Å². The molecule has 0 aromatic heterocycles. The van der Waals surface area contributed by atoms with Crippen molar-refractivity contribution in [3.63, 3.8) is 0 Å². The lowest BCUT2D eigenvalue weighted by Gasteiger charge is -2.08. The van der Waals surface area contributed by atoms with Gasteiger partial charge in [-0.05, 0) is 0 Å². The Balaban J connectivity index is 2.49. The molecule has 0 atom stereocenters. The monoisotopic (exact) mass is 146 g/mol. The van der Waals surface area contributed by atoms with Gasteiger partial charge in [-0.15, -0.1) is 0 Å². The van der Waals surface area contributed by atoms with Crippen LogP contribution in [0.15, 0.2) is 12.0 Å². The van der Waals surface area contributed by atoms with E-state index >= 15 is 0 Å². The van der Waals surface area contributed by atoms with E-state index in [4.69, 9.17) is 0 Å². The maximum Gasteiger partial charge on any atom is 0.320 e. The molecule has 5 heteroatoms. The molecule has 0 radical (unpaired) electrons. The van der Waals surface area contributed by atoms with Crippen molar-refractivity contribution in [2.75, 3.05) is 13.3 Å². The molecule has 1 rings (SSSR count). The number of carbonyl (C=O) groups is 1. The highest BCUT2D eigenvalue weighted by molar-refractivity contribution is 5.74. The Morgan fingerprint density at radius 1 is 1.70 bits per heavy atom. The summed E-state index contributed by atoms with van der Waals surface area (Å²) in [6.45, 7) is -0.0691. The smallest absolute Gasteiger partial charge is 0.320 e. The van der Waals surface area contributed by atoms with Crippen LogP contribution in [0.4, 0.5) is 9.18 Å². The number of halogens is 1. The second-order valence-corrected chi connectivity index (χ2v) is 1.73.